The molecule has 4 rings (SSSR count). The molecular weight excluding hydrogens is 358 g/mol. The molecule has 2 aromatic carbocycles. The van der Waals surface area contributed by atoms with Gasteiger partial charge in [0.1, 0.15) is 5.57 Å². The molecular formula is C21H19N3O2S. The largest absolute Gasteiger partial charge is 0.372 e. The second kappa shape index (κ2) is 7.32. The molecule has 0 radical (unpaired) electrons. The van der Waals surface area contributed by atoms with E-state index in [1.165, 1.54) is 23.4 Å². The molecule has 0 spiro atoms. The van der Waals surface area contributed by atoms with Gasteiger partial charge in [-0.15, -0.1) is 0 Å². The van der Waals surface area contributed by atoms with Crippen LogP contribution in [0.15, 0.2) is 60.2 Å². The molecule has 27 heavy (non-hydrogen) atoms. The zero-order chi connectivity index (χ0) is 18.8. The highest BCUT2D eigenvalue weighted by atomic mass is 32.1. The van der Waals surface area contributed by atoms with E-state index < -0.39 is 11.8 Å². The number of carbonyl (C=O) groups is 2. The third-order valence-electron chi connectivity index (χ3n) is 4.79. The number of nitrogens with zero attached hydrogens (tertiary/aromatic N) is 2. The smallest absolute Gasteiger partial charge is 0.270 e. The van der Waals surface area contributed by atoms with E-state index in [0.29, 0.717) is 5.69 Å². The average Bonchev–Trinajstić information content (AvgIpc) is 3.21. The average molecular weight is 377 g/mol. The highest BCUT2D eigenvalue weighted by molar-refractivity contribution is 7.80. The van der Waals surface area contributed by atoms with Crippen LogP contribution in [0.5, 0.6) is 0 Å². The Morgan fingerprint density at radius 3 is 2.22 bits per heavy atom. The predicted molar refractivity (Wildman–Crippen MR) is 111 cm³/mol. The van der Waals surface area contributed by atoms with Crippen molar-refractivity contribution in [2.75, 3.05) is 22.9 Å². The number of para-hydroxylation sites is 1. The summed E-state index contributed by atoms with van der Waals surface area (Å²) in [4.78, 5) is 29.0. The molecule has 136 valence electrons. The Hall–Kier alpha value is -2.99. The lowest BCUT2D eigenvalue weighted by Gasteiger charge is -2.28. The van der Waals surface area contributed by atoms with Gasteiger partial charge in [-0.25, -0.2) is 0 Å². The summed E-state index contributed by atoms with van der Waals surface area (Å²) in [7, 11) is 0. The zero-order valence-electron chi connectivity index (χ0n) is 14.7. The van der Waals surface area contributed by atoms with E-state index in [2.05, 4.69) is 10.2 Å². The van der Waals surface area contributed by atoms with Gasteiger partial charge in [0.15, 0.2) is 5.11 Å². The maximum Gasteiger partial charge on any atom is 0.270 e. The number of hydrogen-bond donors (Lipinski definition) is 1. The van der Waals surface area contributed by atoms with Crippen molar-refractivity contribution in [3.8, 4) is 0 Å². The summed E-state index contributed by atoms with van der Waals surface area (Å²) in [6.45, 7) is 2.15. The quantitative estimate of drug-likeness (QED) is 0.507. The molecule has 2 aromatic rings. The minimum absolute atomic E-state index is 0.0707. The standard InChI is InChI=1S/C21H19N3O2S/c25-19-18(14-15-8-10-16(11-9-15)23-12-4-5-13-23)20(26)24(21(27)22-19)17-6-2-1-3-7-17/h1-3,6-11,14H,4-5,12-13H2,(H,22,25,27). The fraction of sp³-hybridized carbons (Fsp3) is 0.190. The monoisotopic (exact) mass is 377 g/mol. The van der Waals surface area contributed by atoms with E-state index in [0.717, 1.165) is 18.7 Å². The number of hydrogen-bond acceptors (Lipinski definition) is 4. The van der Waals surface area contributed by atoms with E-state index in [9.17, 15) is 9.59 Å². The van der Waals surface area contributed by atoms with E-state index in [4.69, 9.17) is 12.2 Å². The molecule has 1 N–H and O–H groups in total. The van der Waals surface area contributed by atoms with Gasteiger partial charge in [0.2, 0.25) is 0 Å². The third-order valence-corrected chi connectivity index (χ3v) is 5.08. The first-order valence-corrected chi connectivity index (χ1v) is 9.36. The lowest BCUT2D eigenvalue weighted by molar-refractivity contribution is -0.122. The summed E-state index contributed by atoms with van der Waals surface area (Å²) >= 11 is 5.20. The van der Waals surface area contributed by atoms with Crippen molar-refractivity contribution in [2.24, 2.45) is 0 Å². The van der Waals surface area contributed by atoms with Crippen LogP contribution in [-0.2, 0) is 9.59 Å². The molecule has 0 atom stereocenters. The Balaban J connectivity index is 1.62. The molecule has 2 heterocycles. The van der Waals surface area contributed by atoms with Gasteiger partial charge < -0.3 is 4.90 Å². The highest BCUT2D eigenvalue weighted by Crippen LogP contribution is 2.24. The van der Waals surface area contributed by atoms with Crippen LogP contribution < -0.4 is 15.1 Å². The lowest BCUT2D eigenvalue weighted by atomic mass is 10.1. The van der Waals surface area contributed by atoms with Gasteiger partial charge in [0.05, 0.1) is 5.69 Å². The van der Waals surface area contributed by atoms with Crippen molar-refractivity contribution in [2.45, 2.75) is 12.8 Å². The zero-order valence-corrected chi connectivity index (χ0v) is 15.5. The van der Waals surface area contributed by atoms with E-state index in [-0.39, 0.29) is 10.7 Å². The summed E-state index contributed by atoms with van der Waals surface area (Å²) in [6.07, 6.45) is 4.05. The highest BCUT2D eigenvalue weighted by Gasteiger charge is 2.34. The van der Waals surface area contributed by atoms with Crippen molar-refractivity contribution in [3.05, 3.63) is 65.7 Å². The normalized spacial score (nSPS) is 19.0. The Morgan fingerprint density at radius 1 is 0.889 bits per heavy atom. The minimum atomic E-state index is -0.471. The minimum Gasteiger partial charge on any atom is -0.372 e. The molecule has 0 aliphatic carbocycles. The van der Waals surface area contributed by atoms with Gasteiger partial charge in [-0.2, -0.15) is 0 Å². The summed E-state index contributed by atoms with van der Waals surface area (Å²) in [5, 5.41) is 2.70. The van der Waals surface area contributed by atoms with Crippen molar-refractivity contribution < 1.29 is 9.59 Å². The van der Waals surface area contributed by atoms with Crippen LogP contribution in [0.1, 0.15) is 18.4 Å². The van der Waals surface area contributed by atoms with Crippen LogP contribution in [0.2, 0.25) is 0 Å². The second-order valence-electron chi connectivity index (χ2n) is 6.58. The molecule has 6 heteroatoms. The van der Waals surface area contributed by atoms with Crippen molar-refractivity contribution >= 4 is 46.6 Å². The first-order chi connectivity index (χ1) is 13.1. The van der Waals surface area contributed by atoms with Crippen LogP contribution in [-0.4, -0.2) is 30.0 Å². The molecule has 0 unspecified atom stereocenters. The van der Waals surface area contributed by atoms with Crippen molar-refractivity contribution in [1.29, 1.82) is 0 Å². The van der Waals surface area contributed by atoms with Crippen LogP contribution in [0.4, 0.5) is 11.4 Å². The van der Waals surface area contributed by atoms with Gasteiger partial charge in [-0.05, 0) is 61.0 Å². The predicted octanol–water partition coefficient (Wildman–Crippen LogP) is 3.12. The molecule has 2 fully saturated rings. The first-order valence-electron chi connectivity index (χ1n) is 8.95. The third kappa shape index (κ3) is 3.48. The second-order valence-corrected chi connectivity index (χ2v) is 6.97. The van der Waals surface area contributed by atoms with Gasteiger partial charge >= 0.3 is 0 Å². The summed E-state index contributed by atoms with van der Waals surface area (Å²) < 4.78 is 0. The maximum absolute atomic E-state index is 12.9. The fourth-order valence-corrected chi connectivity index (χ4v) is 3.67. The van der Waals surface area contributed by atoms with E-state index in [1.54, 1.807) is 18.2 Å². The van der Waals surface area contributed by atoms with E-state index in [1.807, 2.05) is 42.5 Å². The Labute approximate surface area is 163 Å². The summed E-state index contributed by atoms with van der Waals surface area (Å²) in [5.74, 6) is -0.889. The first kappa shape index (κ1) is 17.4. The number of anilines is 2. The molecule has 2 amide bonds. The molecule has 2 aliphatic heterocycles. The van der Waals surface area contributed by atoms with Crippen LogP contribution >= 0.6 is 12.2 Å². The summed E-state index contributed by atoms with van der Waals surface area (Å²) in [5.41, 5.74) is 2.67. The summed E-state index contributed by atoms with van der Waals surface area (Å²) in [6, 6.07) is 17.0. The Morgan fingerprint density at radius 2 is 1.56 bits per heavy atom. The van der Waals surface area contributed by atoms with Crippen LogP contribution in [0.3, 0.4) is 0 Å². The molecule has 0 saturated carbocycles. The van der Waals surface area contributed by atoms with Crippen molar-refractivity contribution in [1.82, 2.24) is 5.32 Å². The van der Waals surface area contributed by atoms with Crippen LogP contribution in [0.25, 0.3) is 6.08 Å². The van der Waals surface area contributed by atoms with Gasteiger partial charge in [-0.3, -0.25) is 19.8 Å². The number of carbonyl (C=O) groups excluding carboxylic acids is 2. The molecule has 2 saturated heterocycles. The number of nitrogens with one attached hydrogen (secondary N) is 1. The molecule has 0 bridgehead atoms. The number of amides is 2. The fourth-order valence-electron chi connectivity index (χ4n) is 3.39. The maximum atomic E-state index is 12.9. The number of benzene rings is 2. The number of thiocarbonyl (C=S) groups is 1. The number of rotatable bonds is 3. The lowest BCUT2D eigenvalue weighted by Crippen LogP contribution is -2.54. The van der Waals surface area contributed by atoms with Gasteiger partial charge in [0.25, 0.3) is 11.8 Å². The van der Waals surface area contributed by atoms with Gasteiger partial charge in [-0.1, -0.05) is 30.3 Å². The Bertz CT molecular complexity index is 916. The topological polar surface area (TPSA) is 52.7 Å². The molecule has 0 aromatic heterocycles. The molecule has 5 nitrogen and oxygen atoms in total. The van der Waals surface area contributed by atoms with E-state index >= 15 is 0 Å². The SMILES string of the molecule is O=C1NC(=S)N(c2ccccc2)C(=O)C1=Cc1ccc(N2CCCC2)cc1. The Kier molecular flexibility index (Phi) is 4.73. The van der Waals surface area contributed by atoms with Gasteiger partial charge in [0, 0.05) is 18.8 Å². The van der Waals surface area contributed by atoms with Crippen LogP contribution in [0, 0.1) is 0 Å². The molecule has 2 aliphatic rings. The van der Waals surface area contributed by atoms with Crippen molar-refractivity contribution in [3.63, 3.8) is 0 Å².